The van der Waals surface area contributed by atoms with Crippen molar-refractivity contribution in [1.29, 1.82) is 0 Å². The molecule has 1 fully saturated rings. The lowest BCUT2D eigenvalue weighted by Crippen LogP contribution is -2.59. The Bertz CT molecular complexity index is 436. The molecule has 1 aliphatic rings. The van der Waals surface area contributed by atoms with Crippen molar-refractivity contribution in [3.05, 3.63) is 17.5 Å². The first-order valence-electron chi connectivity index (χ1n) is 8.32. The second kappa shape index (κ2) is 6.93. The molecule has 2 rings (SSSR count). The van der Waals surface area contributed by atoms with E-state index in [9.17, 15) is 0 Å². The van der Waals surface area contributed by atoms with Crippen molar-refractivity contribution < 1.29 is 9.63 Å². The molecular weight excluding hydrogens is 264 g/mol. The topological polar surface area (TPSA) is 49.5 Å². The second-order valence-corrected chi connectivity index (χ2v) is 6.95. The molecule has 0 unspecified atom stereocenters. The molecule has 1 aromatic heterocycles. The first kappa shape index (κ1) is 16.5. The summed E-state index contributed by atoms with van der Waals surface area (Å²) in [5.74, 6) is 1.22. The van der Waals surface area contributed by atoms with Gasteiger partial charge in [0.25, 0.3) is 0 Å². The number of hydrogen-bond acceptors (Lipinski definition) is 4. The highest BCUT2D eigenvalue weighted by atomic mass is 16.5. The van der Waals surface area contributed by atoms with Crippen LogP contribution >= 0.6 is 0 Å². The predicted molar refractivity (Wildman–Crippen MR) is 84.0 cm³/mol. The summed E-state index contributed by atoms with van der Waals surface area (Å²) in [5, 5.41) is 13.1. The van der Waals surface area contributed by atoms with E-state index in [-0.39, 0.29) is 6.61 Å². The quantitative estimate of drug-likeness (QED) is 0.799. The summed E-state index contributed by atoms with van der Waals surface area (Å²) in [4.78, 5) is 2.67. The van der Waals surface area contributed by atoms with E-state index < -0.39 is 0 Å². The molecule has 1 aromatic rings. The number of aromatic nitrogens is 1. The van der Waals surface area contributed by atoms with Gasteiger partial charge in [-0.3, -0.25) is 4.90 Å². The van der Waals surface area contributed by atoms with Crippen LogP contribution in [0.25, 0.3) is 0 Å². The van der Waals surface area contributed by atoms with Crippen LogP contribution in [-0.4, -0.2) is 34.3 Å². The molecule has 0 aliphatic heterocycles. The Kier molecular flexibility index (Phi) is 5.44. The molecule has 1 aliphatic carbocycles. The van der Waals surface area contributed by atoms with Crippen molar-refractivity contribution in [3.8, 4) is 0 Å². The van der Waals surface area contributed by atoms with E-state index in [1.54, 1.807) is 0 Å². The summed E-state index contributed by atoms with van der Waals surface area (Å²) in [6.45, 7) is 11.6. The van der Waals surface area contributed by atoms with Gasteiger partial charge in [-0.1, -0.05) is 32.9 Å². The van der Waals surface area contributed by atoms with E-state index in [1.807, 2.05) is 6.07 Å². The van der Waals surface area contributed by atoms with Crippen molar-refractivity contribution in [3.63, 3.8) is 0 Å². The van der Waals surface area contributed by atoms with Gasteiger partial charge in [-0.25, -0.2) is 0 Å². The second-order valence-electron chi connectivity index (χ2n) is 6.95. The standard InChI is InChI=1S/C17H30N2O2/c1-5-7-19(8-6-2)16-10-13(17(16,3)4)9-14-11-15(12-20)21-18-14/h11,13,16,20H,5-10,12H2,1-4H3/t13-,16+/m1/s1. The Balaban J connectivity index is 1.96. The molecule has 1 heterocycles. The molecule has 0 spiro atoms. The Morgan fingerprint density at radius 3 is 2.48 bits per heavy atom. The van der Waals surface area contributed by atoms with Crippen molar-refractivity contribution in [2.75, 3.05) is 13.1 Å². The molecule has 2 atom stereocenters. The SMILES string of the molecule is CCCN(CCC)[C@H]1C[C@@H](Cc2cc(CO)on2)C1(C)C. The third-order valence-corrected chi connectivity index (χ3v) is 5.10. The van der Waals surface area contributed by atoms with Gasteiger partial charge in [-0.2, -0.15) is 0 Å². The third kappa shape index (κ3) is 3.49. The van der Waals surface area contributed by atoms with Crippen molar-refractivity contribution in [2.45, 2.75) is 66.0 Å². The van der Waals surface area contributed by atoms with Gasteiger partial charge in [-0.15, -0.1) is 0 Å². The van der Waals surface area contributed by atoms with Gasteiger partial charge in [0.05, 0.1) is 5.69 Å². The maximum Gasteiger partial charge on any atom is 0.162 e. The number of nitrogens with zero attached hydrogens (tertiary/aromatic N) is 2. The fourth-order valence-corrected chi connectivity index (χ4v) is 3.73. The van der Waals surface area contributed by atoms with Crippen LogP contribution in [0.3, 0.4) is 0 Å². The molecule has 0 aromatic carbocycles. The zero-order chi connectivity index (χ0) is 15.5. The molecule has 1 N–H and O–H groups in total. The average Bonchev–Trinajstić information content (AvgIpc) is 2.91. The summed E-state index contributed by atoms with van der Waals surface area (Å²) in [6, 6.07) is 2.57. The molecule has 0 radical (unpaired) electrons. The minimum Gasteiger partial charge on any atom is -0.388 e. The maximum absolute atomic E-state index is 9.05. The first-order chi connectivity index (χ1) is 10.0. The molecule has 4 nitrogen and oxygen atoms in total. The summed E-state index contributed by atoms with van der Waals surface area (Å²) < 4.78 is 5.09. The van der Waals surface area contributed by atoms with Gasteiger partial charge in [0, 0.05) is 12.1 Å². The lowest BCUT2D eigenvalue weighted by molar-refractivity contribution is -0.0632. The summed E-state index contributed by atoms with van der Waals surface area (Å²) in [7, 11) is 0. The van der Waals surface area contributed by atoms with Gasteiger partial charge < -0.3 is 9.63 Å². The van der Waals surface area contributed by atoms with Crippen LogP contribution in [0.5, 0.6) is 0 Å². The fraction of sp³-hybridized carbons (Fsp3) is 0.824. The highest BCUT2D eigenvalue weighted by Crippen LogP contribution is 2.50. The van der Waals surface area contributed by atoms with Crippen LogP contribution in [-0.2, 0) is 13.0 Å². The van der Waals surface area contributed by atoms with E-state index in [4.69, 9.17) is 9.63 Å². The normalized spacial score (nSPS) is 24.3. The van der Waals surface area contributed by atoms with E-state index in [2.05, 4.69) is 37.8 Å². The number of aliphatic hydroxyl groups is 1. The van der Waals surface area contributed by atoms with E-state index in [0.717, 1.165) is 12.1 Å². The minimum atomic E-state index is -0.0650. The van der Waals surface area contributed by atoms with Crippen LogP contribution in [0.15, 0.2) is 10.6 Å². The van der Waals surface area contributed by atoms with Crippen LogP contribution < -0.4 is 0 Å². The van der Waals surface area contributed by atoms with Crippen LogP contribution in [0.4, 0.5) is 0 Å². The average molecular weight is 294 g/mol. The first-order valence-corrected chi connectivity index (χ1v) is 8.32. The third-order valence-electron chi connectivity index (χ3n) is 5.10. The highest BCUT2D eigenvalue weighted by Gasteiger charge is 2.50. The Morgan fingerprint density at radius 1 is 1.33 bits per heavy atom. The molecule has 120 valence electrons. The largest absolute Gasteiger partial charge is 0.388 e. The summed E-state index contributed by atoms with van der Waals surface area (Å²) >= 11 is 0. The fourth-order valence-electron chi connectivity index (χ4n) is 3.73. The van der Waals surface area contributed by atoms with Gasteiger partial charge in [-0.05, 0) is 50.1 Å². The van der Waals surface area contributed by atoms with Gasteiger partial charge in [0.2, 0.25) is 0 Å². The summed E-state index contributed by atoms with van der Waals surface area (Å²) in [5.41, 5.74) is 1.30. The predicted octanol–water partition coefficient (Wildman–Crippen LogP) is 3.25. The monoisotopic (exact) mass is 294 g/mol. The van der Waals surface area contributed by atoms with E-state index >= 15 is 0 Å². The highest BCUT2D eigenvalue weighted by molar-refractivity contribution is 5.11. The van der Waals surface area contributed by atoms with Gasteiger partial charge in [0.15, 0.2) is 5.76 Å². The van der Waals surface area contributed by atoms with E-state index in [0.29, 0.717) is 23.1 Å². The van der Waals surface area contributed by atoms with Gasteiger partial charge in [0.1, 0.15) is 6.61 Å². The number of hydrogen-bond donors (Lipinski definition) is 1. The summed E-state index contributed by atoms with van der Waals surface area (Å²) in [6.07, 6.45) is 4.65. The molecule has 0 bridgehead atoms. The molecule has 0 amide bonds. The van der Waals surface area contributed by atoms with E-state index in [1.165, 1.54) is 32.4 Å². The lowest BCUT2D eigenvalue weighted by atomic mass is 9.56. The van der Waals surface area contributed by atoms with Crippen molar-refractivity contribution >= 4 is 0 Å². The van der Waals surface area contributed by atoms with Crippen molar-refractivity contribution in [2.24, 2.45) is 11.3 Å². The molecule has 1 saturated carbocycles. The zero-order valence-electron chi connectivity index (χ0n) is 13.9. The molecule has 21 heavy (non-hydrogen) atoms. The van der Waals surface area contributed by atoms with Gasteiger partial charge >= 0.3 is 0 Å². The van der Waals surface area contributed by atoms with Crippen molar-refractivity contribution in [1.82, 2.24) is 10.1 Å². The van der Waals surface area contributed by atoms with Crippen LogP contribution in [0.1, 0.15) is 58.4 Å². The lowest BCUT2D eigenvalue weighted by Gasteiger charge is -2.56. The number of aliphatic hydroxyl groups excluding tert-OH is 1. The minimum absolute atomic E-state index is 0.0650. The Morgan fingerprint density at radius 2 is 2.00 bits per heavy atom. The number of rotatable bonds is 8. The molecular formula is C17H30N2O2. The zero-order valence-corrected chi connectivity index (χ0v) is 13.9. The Hall–Kier alpha value is -0.870. The van der Waals surface area contributed by atoms with Crippen LogP contribution in [0.2, 0.25) is 0 Å². The molecule has 0 saturated heterocycles. The smallest absolute Gasteiger partial charge is 0.162 e. The molecule has 4 heteroatoms. The van der Waals surface area contributed by atoms with Crippen LogP contribution in [0, 0.1) is 11.3 Å². The maximum atomic E-state index is 9.05. The Labute approximate surface area is 128 Å².